The molecule has 0 amide bonds. The van der Waals surface area contributed by atoms with Gasteiger partial charge in [0.15, 0.2) is 0 Å². The largest absolute Gasteiger partial charge is 0.505 e. The highest BCUT2D eigenvalue weighted by Gasteiger charge is 2.31. The second kappa shape index (κ2) is 9.50. The first-order chi connectivity index (χ1) is 14.6. The van der Waals surface area contributed by atoms with Crippen molar-refractivity contribution in [3.05, 3.63) is 53.6 Å². The van der Waals surface area contributed by atoms with E-state index in [-0.39, 0.29) is 40.2 Å². The molecule has 1 aromatic heterocycles. The molecule has 7 nitrogen and oxygen atoms in total. The van der Waals surface area contributed by atoms with Crippen molar-refractivity contribution in [1.82, 2.24) is 15.0 Å². The van der Waals surface area contributed by atoms with Crippen molar-refractivity contribution in [2.24, 2.45) is 0 Å². The van der Waals surface area contributed by atoms with Gasteiger partial charge in [0.1, 0.15) is 34.8 Å². The van der Waals surface area contributed by atoms with E-state index in [1.54, 1.807) is 0 Å². The van der Waals surface area contributed by atoms with Crippen molar-refractivity contribution in [3.8, 4) is 17.2 Å². The van der Waals surface area contributed by atoms with Gasteiger partial charge in [-0.2, -0.15) is 13.2 Å². The highest BCUT2D eigenvalue weighted by Crippen LogP contribution is 2.33. The Balaban J connectivity index is 0.00000166. The summed E-state index contributed by atoms with van der Waals surface area (Å²) in [5, 5.41) is 18.7. The standard InChI is InChI=1S/C19H16F3N3O4.C2H6/c1-10(2)18(27)29-9-11-6-13(28-3)8-16(17(11)26)25-23-14-5-4-12(19(20,21)22)7-15(14)24-25;1-2/h4-8,26H,1,9H2,2-3H3;1-2H3. The molecule has 0 fully saturated rings. The number of esters is 1. The predicted octanol–water partition coefficient (Wildman–Crippen LogP) is 4.80. The van der Waals surface area contributed by atoms with E-state index in [2.05, 4.69) is 16.8 Å². The van der Waals surface area contributed by atoms with Gasteiger partial charge >= 0.3 is 12.1 Å². The molecule has 0 unspecified atom stereocenters. The van der Waals surface area contributed by atoms with E-state index >= 15 is 0 Å². The number of aromatic hydroxyl groups is 1. The van der Waals surface area contributed by atoms with Crippen molar-refractivity contribution in [2.45, 2.75) is 33.6 Å². The zero-order valence-corrected chi connectivity index (χ0v) is 17.4. The van der Waals surface area contributed by atoms with Crippen LogP contribution >= 0.6 is 0 Å². The fourth-order valence-corrected chi connectivity index (χ4v) is 2.49. The van der Waals surface area contributed by atoms with Crippen LogP contribution in [0.2, 0.25) is 0 Å². The summed E-state index contributed by atoms with van der Waals surface area (Å²) in [4.78, 5) is 12.6. The van der Waals surface area contributed by atoms with Crippen molar-refractivity contribution in [2.75, 3.05) is 7.11 Å². The van der Waals surface area contributed by atoms with Gasteiger partial charge in [0, 0.05) is 17.2 Å². The number of phenols is 1. The lowest BCUT2D eigenvalue weighted by Gasteiger charge is -2.12. The normalized spacial score (nSPS) is 10.9. The molecule has 0 spiro atoms. The van der Waals surface area contributed by atoms with Crippen molar-refractivity contribution in [1.29, 1.82) is 0 Å². The number of carbonyl (C=O) groups excluding carboxylic acids is 1. The Morgan fingerprint density at radius 3 is 2.39 bits per heavy atom. The highest BCUT2D eigenvalue weighted by atomic mass is 19.4. The Labute approximate surface area is 176 Å². The molecule has 0 saturated carbocycles. The number of benzene rings is 2. The molecule has 0 atom stereocenters. The van der Waals surface area contributed by atoms with Crippen LogP contribution in [0.1, 0.15) is 31.9 Å². The summed E-state index contributed by atoms with van der Waals surface area (Å²) in [7, 11) is 1.39. The molecule has 0 saturated heterocycles. The number of hydrogen-bond donors (Lipinski definition) is 1. The van der Waals surface area contributed by atoms with Crippen molar-refractivity contribution < 1.29 is 32.5 Å². The van der Waals surface area contributed by atoms with Crippen molar-refractivity contribution in [3.63, 3.8) is 0 Å². The third-order valence-corrected chi connectivity index (χ3v) is 4.01. The minimum absolute atomic E-state index is 0.00250. The number of methoxy groups -OCH3 is 1. The Kier molecular flexibility index (Phi) is 7.27. The van der Waals surface area contributed by atoms with Crippen LogP contribution in [0.4, 0.5) is 13.2 Å². The molecule has 0 bridgehead atoms. The summed E-state index contributed by atoms with van der Waals surface area (Å²) in [5.41, 5.74) is -0.220. The lowest BCUT2D eigenvalue weighted by atomic mass is 10.1. The number of nitrogens with zero attached hydrogens (tertiary/aromatic N) is 3. The molecule has 2 aromatic carbocycles. The summed E-state index contributed by atoms with van der Waals surface area (Å²) in [6.45, 7) is 8.67. The maximum atomic E-state index is 12.9. The lowest BCUT2D eigenvalue weighted by Crippen LogP contribution is -2.07. The van der Waals surface area contributed by atoms with E-state index in [4.69, 9.17) is 9.47 Å². The molecule has 10 heteroatoms. The molecular weight excluding hydrogens is 415 g/mol. The maximum absolute atomic E-state index is 12.9. The number of phenolic OH excluding ortho intramolecular Hbond substituents is 1. The highest BCUT2D eigenvalue weighted by molar-refractivity contribution is 5.87. The SMILES string of the molecule is C=C(C)C(=O)OCc1cc(OC)cc(-n2nc3ccc(C(F)(F)F)cc3n2)c1O.CC. The summed E-state index contributed by atoms with van der Waals surface area (Å²) < 4.78 is 48.9. The predicted molar refractivity (Wildman–Crippen MR) is 108 cm³/mol. The van der Waals surface area contributed by atoms with Gasteiger partial charge in [-0.15, -0.1) is 15.0 Å². The van der Waals surface area contributed by atoms with Gasteiger partial charge in [-0.05, 0) is 31.2 Å². The third-order valence-electron chi connectivity index (χ3n) is 4.01. The minimum Gasteiger partial charge on any atom is -0.505 e. The summed E-state index contributed by atoms with van der Waals surface area (Å²) in [6.07, 6.45) is -4.52. The number of hydrogen-bond acceptors (Lipinski definition) is 6. The Morgan fingerprint density at radius 1 is 1.16 bits per heavy atom. The maximum Gasteiger partial charge on any atom is 0.416 e. The summed E-state index contributed by atoms with van der Waals surface area (Å²) in [5.74, 6) is -0.649. The van der Waals surface area contributed by atoms with Gasteiger partial charge in [0.05, 0.1) is 12.7 Å². The summed E-state index contributed by atoms with van der Waals surface area (Å²) >= 11 is 0. The molecular formula is C21H22F3N3O4. The van der Waals surface area contributed by atoms with Crippen molar-refractivity contribution >= 4 is 17.0 Å². The smallest absolute Gasteiger partial charge is 0.416 e. The number of carbonyl (C=O) groups is 1. The van der Waals surface area contributed by atoms with Gasteiger partial charge in [-0.1, -0.05) is 20.4 Å². The lowest BCUT2D eigenvalue weighted by molar-refractivity contribution is -0.140. The zero-order valence-electron chi connectivity index (χ0n) is 17.4. The molecule has 3 aromatic rings. The molecule has 0 aliphatic rings. The first-order valence-electron chi connectivity index (χ1n) is 9.27. The van der Waals surface area contributed by atoms with Crippen LogP contribution < -0.4 is 4.74 Å². The number of rotatable bonds is 5. The number of halogens is 3. The first kappa shape index (κ1) is 23.7. The zero-order chi connectivity index (χ0) is 23.3. The number of fused-ring (bicyclic) bond motifs is 1. The molecule has 0 radical (unpaired) electrons. The van der Waals surface area contributed by atoms with Gasteiger partial charge < -0.3 is 14.6 Å². The van der Waals surface area contributed by atoms with Crippen LogP contribution in [0.25, 0.3) is 16.7 Å². The third kappa shape index (κ3) is 5.33. The Hall–Kier alpha value is -3.56. The van der Waals surface area contributed by atoms with Crippen LogP contribution in [0, 0.1) is 0 Å². The van der Waals surface area contributed by atoms with E-state index in [0.29, 0.717) is 5.75 Å². The second-order valence-corrected chi connectivity index (χ2v) is 6.20. The second-order valence-electron chi connectivity index (χ2n) is 6.20. The fourth-order valence-electron chi connectivity index (χ4n) is 2.49. The minimum atomic E-state index is -4.52. The Morgan fingerprint density at radius 2 is 1.81 bits per heavy atom. The van der Waals surface area contributed by atoms with E-state index in [1.165, 1.54) is 32.2 Å². The van der Waals surface area contributed by atoms with E-state index in [9.17, 15) is 23.1 Å². The average Bonchev–Trinajstić information content (AvgIpc) is 3.16. The van der Waals surface area contributed by atoms with Crippen LogP contribution in [0.5, 0.6) is 11.5 Å². The van der Waals surface area contributed by atoms with E-state index < -0.39 is 17.7 Å². The van der Waals surface area contributed by atoms with Crippen LogP contribution in [-0.2, 0) is 22.3 Å². The molecule has 3 rings (SSSR count). The molecule has 31 heavy (non-hydrogen) atoms. The molecule has 166 valence electrons. The quantitative estimate of drug-likeness (QED) is 0.456. The topological polar surface area (TPSA) is 86.5 Å². The molecule has 1 N–H and O–H groups in total. The van der Waals surface area contributed by atoms with E-state index in [1.807, 2.05) is 13.8 Å². The van der Waals surface area contributed by atoms with Gasteiger partial charge in [0.25, 0.3) is 0 Å². The first-order valence-corrected chi connectivity index (χ1v) is 9.27. The number of alkyl halides is 3. The number of ether oxygens (including phenoxy) is 2. The molecule has 1 heterocycles. The monoisotopic (exact) mass is 437 g/mol. The number of aromatic nitrogens is 3. The van der Waals surface area contributed by atoms with E-state index in [0.717, 1.165) is 16.9 Å². The Bertz CT molecular complexity index is 1110. The average molecular weight is 437 g/mol. The fraction of sp³-hybridized carbons (Fsp3) is 0.286. The molecule has 0 aliphatic heterocycles. The van der Waals surface area contributed by atoms with Crippen LogP contribution in [0.15, 0.2) is 42.5 Å². The van der Waals surface area contributed by atoms with Gasteiger partial charge in [0.2, 0.25) is 0 Å². The van der Waals surface area contributed by atoms with Gasteiger partial charge in [-0.25, -0.2) is 4.79 Å². The molecule has 0 aliphatic carbocycles. The van der Waals surface area contributed by atoms with Crippen LogP contribution in [-0.4, -0.2) is 33.2 Å². The van der Waals surface area contributed by atoms with Crippen LogP contribution in [0.3, 0.4) is 0 Å². The van der Waals surface area contributed by atoms with Gasteiger partial charge in [-0.3, -0.25) is 0 Å². The summed E-state index contributed by atoms with van der Waals surface area (Å²) in [6, 6.07) is 5.81.